The van der Waals surface area contributed by atoms with Gasteiger partial charge in [-0.25, -0.2) is 0 Å². The second-order valence-electron chi connectivity index (χ2n) is 10.1. The molecule has 0 saturated carbocycles. The number of carbonyl (C=O) groups excluding carboxylic acids is 3. The summed E-state index contributed by atoms with van der Waals surface area (Å²) in [6.45, 7) is 2.88. The van der Waals surface area contributed by atoms with E-state index in [1.165, 1.54) is 0 Å². The minimum atomic E-state index is -0.498. The van der Waals surface area contributed by atoms with E-state index < -0.39 is 11.3 Å². The molecule has 3 aliphatic rings. The van der Waals surface area contributed by atoms with Gasteiger partial charge in [0.15, 0.2) is 0 Å². The number of anilines is 1. The van der Waals surface area contributed by atoms with Crippen molar-refractivity contribution in [1.82, 2.24) is 20.0 Å². The second kappa shape index (κ2) is 9.15. The van der Waals surface area contributed by atoms with Crippen LogP contribution < -0.4 is 15.4 Å². The summed E-state index contributed by atoms with van der Waals surface area (Å²) in [4.78, 5) is 39.1. The molecule has 3 aliphatic heterocycles. The van der Waals surface area contributed by atoms with E-state index in [9.17, 15) is 14.4 Å². The molecular weight excluding hydrogens is 494 g/mol. The summed E-state index contributed by atoms with van der Waals surface area (Å²) in [5, 5.41) is 11.6. The number of imide groups is 1. The average Bonchev–Trinajstić information content (AvgIpc) is 3.34. The molecule has 1 spiro atoms. The standard InChI is InChI=1S/C27H28ClN5O4/c1-32-22-15-17(3-4-18(22)24(31-32)19-5-7-23(34)30-25(19)35)37-13-12-33-10-8-27(9-11-33)20-14-16(28)2-6-21(20)29-26(27)36/h2-4,6,14-15,19H,5,7-13H2,1H3,(H,29,36)(H,30,34,35). The maximum atomic E-state index is 12.9. The lowest BCUT2D eigenvalue weighted by Crippen LogP contribution is -2.47. The maximum Gasteiger partial charge on any atom is 0.235 e. The first kappa shape index (κ1) is 23.9. The molecule has 37 heavy (non-hydrogen) atoms. The number of piperidine rings is 2. The molecule has 6 rings (SSSR count). The van der Waals surface area contributed by atoms with E-state index in [1.54, 1.807) is 4.68 Å². The van der Waals surface area contributed by atoms with Crippen molar-refractivity contribution in [3.05, 3.63) is 52.7 Å². The van der Waals surface area contributed by atoms with Gasteiger partial charge in [-0.3, -0.25) is 29.3 Å². The Morgan fingerprint density at radius 1 is 1.11 bits per heavy atom. The van der Waals surface area contributed by atoms with Gasteiger partial charge in [0, 0.05) is 42.2 Å². The van der Waals surface area contributed by atoms with Gasteiger partial charge in [-0.05, 0) is 68.2 Å². The number of fused-ring (bicyclic) bond motifs is 3. The van der Waals surface area contributed by atoms with Crippen LogP contribution in [0, 0.1) is 0 Å². The van der Waals surface area contributed by atoms with Crippen LogP contribution in [0.3, 0.4) is 0 Å². The van der Waals surface area contributed by atoms with E-state index in [0.717, 1.165) is 60.4 Å². The number of hydrogen-bond donors (Lipinski definition) is 2. The number of aryl methyl sites for hydroxylation is 1. The maximum absolute atomic E-state index is 12.9. The van der Waals surface area contributed by atoms with Crippen LogP contribution in [-0.2, 0) is 26.8 Å². The third-order valence-corrected chi connectivity index (χ3v) is 8.22. The molecule has 4 heterocycles. The summed E-state index contributed by atoms with van der Waals surface area (Å²) in [5.41, 5.74) is 2.96. The van der Waals surface area contributed by atoms with Gasteiger partial charge < -0.3 is 10.1 Å². The SMILES string of the molecule is Cn1nc(C2CCC(=O)NC2=O)c2ccc(OCCN3CCC4(CC3)C(=O)Nc3ccc(Cl)cc34)cc21. The monoisotopic (exact) mass is 521 g/mol. The molecule has 2 aromatic carbocycles. The fourth-order valence-electron chi connectivity index (χ4n) is 5.90. The van der Waals surface area contributed by atoms with Crippen LogP contribution in [0.4, 0.5) is 5.69 Å². The highest BCUT2D eigenvalue weighted by molar-refractivity contribution is 6.31. The van der Waals surface area contributed by atoms with Gasteiger partial charge in [-0.15, -0.1) is 0 Å². The number of rotatable bonds is 5. The Bertz CT molecular complexity index is 1430. The molecule has 2 fully saturated rings. The molecule has 0 radical (unpaired) electrons. The number of aromatic nitrogens is 2. The normalized spacial score (nSPS) is 21.2. The second-order valence-corrected chi connectivity index (χ2v) is 10.5. The number of nitrogens with one attached hydrogen (secondary N) is 2. The first-order valence-electron chi connectivity index (χ1n) is 12.6. The Balaban J connectivity index is 1.08. The van der Waals surface area contributed by atoms with Crippen LogP contribution in [0.2, 0.25) is 5.02 Å². The Hall–Kier alpha value is -3.43. The van der Waals surface area contributed by atoms with E-state index in [2.05, 4.69) is 20.6 Å². The van der Waals surface area contributed by atoms with Crippen molar-refractivity contribution in [3.63, 3.8) is 0 Å². The molecule has 1 atom stereocenters. The summed E-state index contributed by atoms with van der Waals surface area (Å²) < 4.78 is 7.82. The lowest BCUT2D eigenvalue weighted by Gasteiger charge is -2.37. The Morgan fingerprint density at radius 3 is 2.70 bits per heavy atom. The zero-order valence-corrected chi connectivity index (χ0v) is 21.3. The zero-order chi connectivity index (χ0) is 25.7. The highest BCUT2D eigenvalue weighted by Gasteiger charge is 2.48. The molecule has 192 valence electrons. The van der Waals surface area contributed by atoms with Gasteiger partial charge in [0.25, 0.3) is 0 Å². The largest absolute Gasteiger partial charge is 0.492 e. The van der Waals surface area contributed by atoms with E-state index >= 15 is 0 Å². The predicted octanol–water partition coefficient (Wildman–Crippen LogP) is 3.11. The van der Waals surface area contributed by atoms with Crippen LogP contribution in [-0.4, -0.2) is 58.6 Å². The molecule has 3 aromatic rings. The summed E-state index contributed by atoms with van der Waals surface area (Å²) in [5.74, 6) is -0.150. The van der Waals surface area contributed by atoms with Crippen molar-refractivity contribution in [2.75, 3.05) is 31.6 Å². The lowest BCUT2D eigenvalue weighted by molar-refractivity contribution is -0.134. The Morgan fingerprint density at radius 2 is 1.92 bits per heavy atom. The number of benzene rings is 2. The summed E-state index contributed by atoms with van der Waals surface area (Å²) in [6, 6.07) is 11.4. The van der Waals surface area contributed by atoms with Gasteiger partial charge in [-0.1, -0.05) is 11.6 Å². The van der Waals surface area contributed by atoms with E-state index in [-0.39, 0.29) is 17.7 Å². The molecule has 1 unspecified atom stereocenters. The molecule has 10 heteroatoms. The molecule has 1 aromatic heterocycles. The van der Waals surface area contributed by atoms with Crippen LogP contribution in [0.1, 0.15) is 42.9 Å². The average molecular weight is 522 g/mol. The highest BCUT2D eigenvalue weighted by Crippen LogP contribution is 2.45. The first-order valence-corrected chi connectivity index (χ1v) is 13.0. The van der Waals surface area contributed by atoms with Crippen LogP contribution >= 0.6 is 11.6 Å². The summed E-state index contributed by atoms with van der Waals surface area (Å²) in [7, 11) is 1.84. The number of ether oxygens (including phenoxy) is 1. The summed E-state index contributed by atoms with van der Waals surface area (Å²) >= 11 is 6.23. The first-order chi connectivity index (χ1) is 17.8. The van der Waals surface area contributed by atoms with Gasteiger partial charge in [-0.2, -0.15) is 5.10 Å². The number of hydrogen-bond acceptors (Lipinski definition) is 6. The van der Waals surface area contributed by atoms with Crippen molar-refractivity contribution in [2.45, 2.75) is 37.0 Å². The topological polar surface area (TPSA) is 106 Å². The fourth-order valence-corrected chi connectivity index (χ4v) is 6.07. The number of carbonyl (C=O) groups is 3. The minimum absolute atomic E-state index is 0.0711. The number of nitrogens with zero attached hydrogens (tertiary/aromatic N) is 3. The molecule has 0 aliphatic carbocycles. The quantitative estimate of drug-likeness (QED) is 0.500. The number of likely N-dealkylation sites (tertiary alicyclic amines) is 1. The van der Waals surface area contributed by atoms with E-state index in [0.29, 0.717) is 30.2 Å². The van der Waals surface area contributed by atoms with Crippen molar-refractivity contribution >= 4 is 45.9 Å². The molecule has 9 nitrogen and oxygen atoms in total. The van der Waals surface area contributed by atoms with Crippen molar-refractivity contribution in [1.29, 1.82) is 0 Å². The van der Waals surface area contributed by atoms with Crippen molar-refractivity contribution in [3.8, 4) is 5.75 Å². The van der Waals surface area contributed by atoms with Crippen LogP contribution in [0.5, 0.6) is 5.75 Å². The zero-order valence-electron chi connectivity index (χ0n) is 20.6. The van der Waals surface area contributed by atoms with Gasteiger partial charge in [0.2, 0.25) is 17.7 Å². The van der Waals surface area contributed by atoms with Gasteiger partial charge in [0.1, 0.15) is 12.4 Å². The smallest absolute Gasteiger partial charge is 0.235 e. The molecule has 2 saturated heterocycles. The minimum Gasteiger partial charge on any atom is -0.492 e. The Kier molecular flexibility index (Phi) is 5.92. The van der Waals surface area contributed by atoms with Crippen molar-refractivity contribution < 1.29 is 19.1 Å². The molecular formula is C27H28ClN5O4. The predicted molar refractivity (Wildman–Crippen MR) is 139 cm³/mol. The molecule has 0 bridgehead atoms. The van der Waals surface area contributed by atoms with Crippen LogP contribution in [0.25, 0.3) is 10.9 Å². The fraction of sp³-hybridized carbons (Fsp3) is 0.407. The highest BCUT2D eigenvalue weighted by atomic mass is 35.5. The third-order valence-electron chi connectivity index (χ3n) is 7.99. The Labute approximate surface area is 219 Å². The summed E-state index contributed by atoms with van der Waals surface area (Å²) in [6.07, 6.45) is 2.27. The lowest BCUT2D eigenvalue weighted by atomic mass is 9.73. The van der Waals surface area contributed by atoms with Gasteiger partial charge in [0.05, 0.1) is 22.5 Å². The van der Waals surface area contributed by atoms with E-state index in [4.69, 9.17) is 16.3 Å². The van der Waals surface area contributed by atoms with Crippen molar-refractivity contribution in [2.24, 2.45) is 7.05 Å². The molecule has 3 amide bonds. The van der Waals surface area contributed by atoms with Crippen LogP contribution in [0.15, 0.2) is 36.4 Å². The number of amides is 3. The number of halogens is 1. The molecule has 2 N–H and O–H groups in total. The van der Waals surface area contributed by atoms with E-state index in [1.807, 2.05) is 43.4 Å². The third kappa shape index (κ3) is 4.16. The van der Waals surface area contributed by atoms with Gasteiger partial charge >= 0.3 is 0 Å².